The van der Waals surface area contributed by atoms with E-state index in [-0.39, 0.29) is 17.6 Å². The predicted molar refractivity (Wildman–Crippen MR) is 78.0 cm³/mol. The van der Waals surface area contributed by atoms with Crippen molar-refractivity contribution in [2.24, 2.45) is 0 Å². The van der Waals surface area contributed by atoms with Crippen molar-refractivity contribution in [2.75, 3.05) is 7.11 Å². The van der Waals surface area contributed by atoms with Crippen LogP contribution in [0.25, 0.3) is 0 Å². The molecule has 21 heavy (non-hydrogen) atoms. The Morgan fingerprint density at radius 1 is 1.33 bits per heavy atom. The van der Waals surface area contributed by atoms with Gasteiger partial charge in [-0.1, -0.05) is 25.5 Å². The fourth-order valence-electron chi connectivity index (χ4n) is 1.93. The van der Waals surface area contributed by atoms with Crippen molar-refractivity contribution in [2.45, 2.75) is 59.0 Å². The van der Waals surface area contributed by atoms with Crippen molar-refractivity contribution in [1.82, 2.24) is 20.3 Å². The topological polar surface area (TPSA) is 86.1 Å². The molecule has 0 radical (unpaired) electrons. The van der Waals surface area contributed by atoms with Crippen LogP contribution >= 0.6 is 0 Å². The number of hydrogen-bond acceptors (Lipinski definition) is 5. The quantitative estimate of drug-likeness (QED) is 0.770. The summed E-state index contributed by atoms with van der Waals surface area (Å²) in [7, 11) is 1.30. The molecule has 2 atom stereocenters. The molecular weight excluding hydrogens is 272 g/mol. The molecule has 1 aromatic heterocycles. The Labute approximate surface area is 125 Å². The SMILES string of the molecule is CCCc1c(C(=O)OC)nnn1C(C)C(=O)NC(C)CC. The minimum absolute atomic E-state index is 0.0955. The molecule has 1 amide bonds. The lowest BCUT2D eigenvalue weighted by atomic mass is 10.1. The predicted octanol–water partition coefficient (Wildman–Crippen LogP) is 1.49. The summed E-state index contributed by atoms with van der Waals surface area (Å²) in [6.07, 6.45) is 2.28. The standard InChI is InChI=1S/C14H24N4O3/c1-6-8-11-12(14(20)21-5)16-17-18(11)10(4)13(19)15-9(3)7-2/h9-10H,6-8H2,1-5H3,(H,15,19). The van der Waals surface area contributed by atoms with E-state index in [4.69, 9.17) is 4.74 Å². The van der Waals surface area contributed by atoms with Gasteiger partial charge < -0.3 is 10.1 Å². The number of methoxy groups -OCH3 is 1. The molecule has 7 nitrogen and oxygen atoms in total. The third-order valence-electron chi connectivity index (χ3n) is 3.40. The molecule has 1 aromatic rings. The van der Waals surface area contributed by atoms with Crippen LogP contribution in [0.4, 0.5) is 0 Å². The van der Waals surface area contributed by atoms with E-state index in [1.807, 2.05) is 20.8 Å². The maximum atomic E-state index is 12.2. The maximum Gasteiger partial charge on any atom is 0.360 e. The van der Waals surface area contributed by atoms with Crippen molar-refractivity contribution in [3.63, 3.8) is 0 Å². The fraction of sp³-hybridized carbons (Fsp3) is 0.714. The van der Waals surface area contributed by atoms with Crippen molar-refractivity contribution in [1.29, 1.82) is 0 Å². The summed E-state index contributed by atoms with van der Waals surface area (Å²) >= 11 is 0. The molecule has 1 rings (SSSR count). The van der Waals surface area contributed by atoms with E-state index >= 15 is 0 Å². The van der Waals surface area contributed by atoms with Crippen LogP contribution in [0.15, 0.2) is 0 Å². The maximum absolute atomic E-state index is 12.2. The number of aromatic nitrogens is 3. The van der Waals surface area contributed by atoms with E-state index < -0.39 is 12.0 Å². The normalized spacial score (nSPS) is 13.6. The number of hydrogen-bond donors (Lipinski definition) is 1. The number of rotatable bonds is 7. The van der Waals surface area contributed by atoms with Crippen LogP contribution < -0.4 is 5.32 Å². The highest BCUT2D eigenvalue weighted by atomic mass is 16.5. The molecule has 0 aliphatic rings. The fourth-order valence-corrected chi connectivity index (χ4v) is 1.93. The van der Waals surface area contributed by atoms with Gasteiger partial charge in [-0.05, 0) is 26.7 Å². The second kappa shape index (κ2) is 7.75. The van der Waals surface area contributed by atoms with Gasteiger partial charge in [0, 0.05) is 6.04 Å². The molecule has 118 valence electrons. The van der Waals surface area contributed by atoms with Gasteiger partial charge in [-0.15, -0.1) is 5.10 Å². The highest BCUT2D eigenvalue weighted by Crippen LogP contribution is 2.15. The minimum Gasteiger partial charge on any atom is -0.464 e. The molecule has 0 aromatic carbocycles. The number of carbonyl (C=O) groups excluding carboxylic acids is 2. The van der Waals surface area contributed by atoms with Crippen LogP contribution in [0, 0.1) is 0 Å². The van der Waals surface area contributed by atoms with E-state index in [2.05, 4.69) is 15.6 Å². The van der Waals surface area contributed by atoms with Crippen molar-refractivity contribution < 1.29 is 14.3 Å². The molecule has 0 fully saturated rings. The van der Waals surface area contributed by atoms with Crippen LogP contribution in [0.2, 0.25) is 0 Å². The second-order valence-electron chi connectivity index (χ2n) is 5.06. The first-order valence-electron chi connectivity index (χ1n) is 7.28. The number of carbonyl (C=O) groups is 2. The van der Waals surface area contributed by atoms with Crippen LogP contribution in [0.1, 0.15) is 62.8 Å². The number of amides is 1. The van der Waals surface area contributed by atoms with Gasteiger partial charge in [0.2, 0.25) is 5.91 Å². The second-order valence-corrected chi connectivity index (χ2v) is 5.06. The average Bonchev–Trinajstić information content (AvgIpc) is 2.89. The summed E-state index contributed by atoms with van der Waals surface area (Å²) in [5, 5.41) is 10.7. The van der Waals surface area contributed by atoms with Gasteiger partial charge in [-0.2, -0.15) is 0 Å². The van der Waals surface area contributed by atoms with E-state index in [1.54, 1.807) is 6.92 Å². The summed E-state index contributed by atoms with van der Waals surface area (Å²) in [4.78, 5) is 23.9. The Bertz CT molecular complexity index is 498. The largest absolute Gasteiger partial charge is 0.464 e. The van der Waals surface area contributed by atoms with E-state index in [1.165, 1.54) is 11.8 Å². The van der Waals surface area contributed by atoms with Gasteiger partial charge in [-0.25, -0.2) is 9.48 Å². The summed E-state index contributed by atoms with van der Waals surface area (Å²) in [5.74, 6) is -0.665. The first-order chi connectivity index (χ1) is 9.96. The zero-order valence-electron chi connectivity index (χ0n) is 13.3. The summed E-state index contributed by atoms with van der Waals surface area (Å²) < 4.78 is 6.21. The van der Waals surface area contributed by atoms with Gasteiger partial charge >= 0.3 is 5.97 Å². The molecule has 0 bridgehead atoms. The monoisotopic (exact) mass is 296 g/mol. The molecule has 1 heterocycles. The molecule has 0 aliphatic carbocycles. The van der Waals surface area contributed by atoms with Crippen molar-refractivity contribution in [3.05, 3.63) is 11.4 Å². The number of nitrogens with zero attached hydrogens (tertiary/aromatic N) is 3. The van der Waals surface area contributed by atoms with Crippen molar-refractivity contribution >= 4 is 11.9 Å². The molecule has 0 saturated carbocycles. The van der Waals surface area contributed by atoms with Crippen LogP contribution in [0.3, 0.4) is 0 Å². The Kier molecular flexibility index (Phi) is 6.33. The smallest absolute Gasteiger partial charge is 0.360 e. The van der Waals surface area contributed by atoms with Crippen LogP contribution in [-0.4, -0.2) is 40.0 Å². The molecule has 0 aliphatic heterocycles. The molecular formula is C14H24N4O3. The van der Waals surface area contributed by atoms with Crippen LogP contribution in [0.5, 0.6) is 0 Å². The molecule has 1 N–H and O–H groups in total. The highest BCUT2D eigenvalue weighted by Gasteiger charge is 2.25. The van der Waals surface area contributed by atoms with E-state index in [9.17, 15) is 9.59 Å². The van der Waals surface area contributed by atoms with Gasteiger partial charge in [0.1, 0.15) is 6.04 Å². The van der Waals surface area contributed by atoms with E-state index in [0.29, 0.717) is 12.1 Å². The number of esters is 1. The molecule has 0 saturated heterocycles. The zero-order chi connectivity index (χ0) is 16.0. The summed E-state index contributed by atoms with van der Waals surface area (Å²) in [5.41, 5.74) is 0.818. The van der Waals surface area contributed by atoms with Gasteiger partial charge in [0.15, 0.2) is 5.69 Å². The highest BCUT2D eigenvalue weighted by molar-refractivity contribution is 5.88. The average molecular weight is 296 g/mol. The first-order valence-corrected chi connectivity index (χ1v) is 7.28. The Hall–Kier alpha value is -1.92. The summed E-state index contributed by atoms with van der Waals surface area (Å²) in [6, 6.07) is -0.426. The van der Waals surface area contributed by atoms with Gasteiger partial charge in [0.25, 0.3) is 0 Å². The zero-order valence-corrected chi connectivity index (χ0v) is 13.3. The third-order valence-corrected chi connectivity index (χ3v) is 3.40. The Balaban J connectivity index is 3.03. The van der Waals surface area contributed by atoms with Crippen molar-refractivity contribution in [3.8, 4) is 0 Å². The molecule has 0 spiro atoms. The van der Waals surface area contributed by atoms with E-state index in [0.717, 1.165) is 12.8 Å². The number of nitrogens with one attached hydrogen (secondary N) is 1. The first kappa shape index (κ1) is 17.1. The molecule has 7 heteroatoms. The Morgan fingerprint density at radius 2 is 2.00 bits per heavy atom. The minimum atomic E-state index is -0.528. The summed E-state index contributed by atoms with van der Waals surface area (Å²) in [6.45, 7) is 7.68. The lowest BCUT2D eigenvalue weighted by molar-refractivity contribution is -0.124. The lowest BCUT2D eigenvalue weighted by Gasteiger charge is -2.18. The lowest BCUT2D eigenvalue weighted by Crippen LogP contribution is -2.37. The van der Waals surface area contributed by atoms with Gasteiger partial charge in [-0.3, -0.25) is 4.79 Å². The third kappa shape index (κ3) is 4.03. The van der Waals surface area contributed by atoms with Crippen LogP contribution in [-0.2, 0) is 16.0 Å². The van der Waals surface area contributed by atoms with Gasteiger partial charge in [0.05, 0.1) is 12.8 Å². The number of ether oxygens (including phenoxy) is 1. The molecule has 2 unspecified atom stereocenters. The Morgan fingerprint density at radius 3 is 2.52 bits per heavy atom.